The number of nitrogens with zero attached hydrogens (tertiary/aromatic N) is 1. The Morgan fingerprint density at radius 2 is 1.66 bits per heavy atom. The first kappa shape index (κ1) is 20.1. The average Bonchev–Trinajstić information content (AvgIpc) is 2.94. The van der Waals surface area contributed by atoms with Gasteiger partial charge in [0.2, 0.25) is 0 Å². The van der Waals surface area contributed by atoms with Gasteiger partial charge in [0.05, 0.1) is 16.8 Å². The Kier molecular flexibility index (Phi) is 5.96. The normalized spacial score (nSPS) is 12.7. The number of carbonyl (C=O) groups excluding carboxylic acids is 4. The number of esters is 1. The van der Waals surface area contributed by atoms with E-state index in [-0.39, 0.29) is 25.1 Å². The lowest BCUT2D eigenvalue weighted by molar-refractivity contribution is -0.147. The van der Waals surface area contributed by atoms with E-state index >= 15 is 0 Å². The molecule has 0 fully saturated rings. The summed E-state index contributed by atoms with van der Waals surface area (Å²) in [4.78, 5) is 48.9. The van der Waals surface area contributed by atoms with Gasteiger partial charge in [-0.2, -0.15) is 0 Å². The van der Waals surface area contributed by atoms with Crippen molar-refractivity contribution in [3.05, 3.63) is 65.2 Å². The Balaban J connectivity index is 1.41. The minimum atomic E-state index is -0.953. The molecule has 0 saturated heterocycles. The van der Waals surface area contributed by atoms with Gasteiger partial charge >= 0.3 is 5.97 Å². The number of amides is 3. The van der Waals surface area contributed by atoms with Crippen LogP contribution in [0.15, 0.2) is 42.5 Å². The zero-order chi connectivity index (χ0) is 21.0. The van der Waals surface area contributed by atoms with Gasteiger partial charge < -0.3 is 10.1 Å². The van der Waals surface area contributed by atoms with Crippen LogP contribution in [0.3, 0.4) is 0 Å². The number of anilines is 1. The van der Waals surface area contributed by atoms with Crippen LogP contribution in [-0.4, -0.2) is 41.7 Å². The van der Waals surface area contributed by atoms with E-state index in [1.165, 1.54) is 0 Å². The molecule has 0 aliphatic carbocycles. The van der Waals surface area contributed by atoms with E-state index in [1.54, 1.807) is 24.3 Å². The SMILES string of the molecule is O=C(COC(=O)CCCN1C(=O)c2ccccc2C1=O)Nc1ccc(F)cc1F. The summed E-state index contributed by atoms with van der Waals surface area (Å²) in [6.07, 6.45) is 0.0457. The van der Waals surface area contributed by atoms with Crippen LogP contribution >= 0.6 is 0 Å². The second kappa shape index (κ2) is 8.59. The molecule has 0 saturated carbocycles. The Morgan fingerprint density at radius 3 is 2.28 bits per heavy atom. The first-order valence-electron chi connectivity index (χ1n) is 8.72. The van der Waals surface area contributed by atoms with Crippen molar-refractivity contribution in [1.82, 2.24) is 4.90 Å². The molecule has 1 aliphatic rings. The second-order valence-corrected chi connectivity index (χ2v) is 6.24. The summed E-state index contributed by atoms with van der Waals surface area (Å²) in [6.45, 7) is -0.614. The largest absolute Gasteiger partial charge is 0.456 e. The van der Waals surface area contributed by atoms with Gasteiger partial charge in [-0.3, -0.25) is 24.1 Å². The lowest BCUT2D eigenvalue weighted by atomic mass is 10.1. The third kappa shape index (κ3) is 4.63. The van der Waals surface area contributed by atoms with Crippen molar-refractivity contribution >= 4 is 29.4 Å². The zero-order valence-electron chi connectivity index (χ0n) is 15.1. The molecule has 1 heterocycles. The highest BCUT2D eigenvalue weighted by atomic mass is 19.1. The molecule has 1 N–H and O–H groups in total. The van der Waals surface area contributed by atoms with E-state index in [0.29, 0.717) is 17.2 Å². The van der Waals surface area contributed by atoms with Crippen molar-refractivity contribution in [2.75, 3.05) is 18.5 Å². The summed E-state index contributed by atoms with van der Waals surface area (Å²) >= 11 is 0. The fourth-order valence-electron chi connectivity index (χ4n) is 2.82. The predicted molar refractivity (Wildman–Crippen MR) is 97.0 cm³/mol. The number of fused-ring (bicyclic) bond motifs is 1. The smallest absolute Gasteiger partial charge is 0.306 e. The van der Waals surface area contributed by atoms with Crippen molar-refractivity contribution in [1.29, 1.82) is 0 Å². The molecule has 0 aromatic heterocycles. The first-order valence-corrected chi connectivity index (χ1v) is 8.72. The van der Waals surface area contributed by atoms with Crippen LogP contribution in [0.5, 0.6) is 0 Å². The molecule has 3 rings (SSSR count). The molecular weight excluding hydrogens is 386 g/mol. The predicted octanol–water partition coefficient (Wildman–Crippen LogP) is 2.52. The number of nitrogens with one attached hydrogen (secondary N) is 1. The van der Waals surface area contributed by atoms with Crippen molar-refractivity contribution < 1.29 is 32.7 Å². The molecule has 0 radical (unpaired) electrons. The molecule has 150 valence electrons. The maximum absolute atomic E-state index is 13.5. The van der Waals surface area contributed by atoms with E-state index in [0.717, 1.165) is 17.0 Å². The highest BCUT2D eigenvalue weighted by Gasteiger charge is 2.34. The molecular formula is C20H16F2N2O5. The van der Waals surface area contributed by atoms with Crippen LogP contribution in [0.25, 0.3) is 0 Å². The van der Waals surface area contributed by atoms with E-state index in [9.17, 15) is 28.0 Å². The summed E-state index contributed by atoms with van der Waals surface area (Å²) in [5.41, 5.74) is 0.410. The molecule has 0 bridgehead atoms. The molecule has 7 nitrogen and oxygen atoms in total. The number of carbonyl (C=O) groups is 4. The zero-order valence-corrected chi connectivity index (χ0v) is 15.1. The van der Waals surface area contributed by atoms with Gasteiger partial charge in [-0.1, -0.05) is 12.1 Å². The number of ether oxygens (including phenoxy) is 1. The van der Waals surface area contributed by atoms with Gasteiger partial charge in [-0.25, -0.2) is 8.78 Å². The van der Waals surface area contributed by atoms with Crippen molar-refractivity contribution in [2.45, 2.75) is 12.8 Å². The molecule has 0 spiro atoms. The Labute approximate surface area is 164 Å². The molecule has 3 amide bonds. The van der Waals surface area contributed by atoms with E-state index in [4.69, 9.17) is 4.74 Å². The molecule has 29 heavy (non-hydrogen) atoms. The monoisotopic (exact) mass is 402 g/mol. The summed E-state index contributed by atoms with van der Waals surface area (Å²) in [7, 11) is 0. The van der Waals surface area contributed by atoms with Crippen LogP contribution in [-0.2, 0) is 14.3 Å². The molecule has 1 aliphatic heterocycles. The van der Waals surface area contributed by atoms with E-state index < -0.39 is 41.9 Å². The first-order chi connectivity index (χ1) is 13.9. The third-order valence-electron chi connectivity index (χ3n) is 4.21. The number of halogens is 2. The van der Waals surface area contributed by atoms with Gasteiger partial charge in [-0.05, 0) is 30.7 Å². The fourth-order valence-corrected chi connectivity index (χ4v) is 2.82. The number of benzene rings is 2. The highest BCUT2D eigenvalue weighted by molar-refractivity contribution is 6.21. The molecule has 2 aromatic rings. The van der Waals surface area contributed by atoms with Crippen LogP contribution in [0.1, 0.15) is 33.6 Å². The topological polar surface area (TPSA) is 92.8 Å². The Bertz CT molecular complexity index is 958. The summed E-state index contributed by atoms with van der Waals surface area (Å²) < 4.78 is 31.1. The van der Waals surface area contributed by atoms with Gasteiger partial charge in [0.15, 0.2) is 6.61 Å². The average molecular weight is 402 g/mol. The fraction of sp³-hybridized carbons (Fsp3) is 0.200. The summed E-state index contributed by atoms with van der Waals surface area (Å²) in [5, 5.41) is 2.16. The van der Waals surface area contributed by atoms with Gasteiger partial charge in [-0.15, -0.1) is 0 Å². The van der Waals surface area contributed by atoms with Crippen molar-refractivity contribution in [3.63, 3.8) is 0 Å². The van der Waals surface area contributed by atoms with E-state index in [2.05, 4.69) is 5.32 Å². The number of rotatable bonds is 7. The Hall–Kier alpha value is -3.62. The van der Waals surface area contributed by atoms with Crippen LogP contribution in [0, 0.1) is 11.6 Å². The lowest BCUT2D eigenvalue weighted by Crippen LogP contribution is -2.31. The lowest BCUT2D eigenvalue weighted by Gasteiger charge is -2.13. The maximum atomic E-state index is 13.5. The van der Waals surface area contributed by atoms with E-state index in [1.807, 2.05) is 0 Å². The maximum Gasteiger partial charge on any atom is 0.306 e. The summed E-state index contributed by atoms with van der Waals surface area (Å²) in [5.74, 6) is -4.07. The third-order valence-corrected chi connectivity index (χ3v) is 4.21. The van der Waals surface area contributed by atoms with Gasteiger partial charge in [0, 0.05) is 19.0 Å². The van der Waals surface area contributed by atoms with Crippen LogP contribution in [0.2, 0.25) is 0 Å². The van der Waals surface area contributed by atoms with Crippen LogP contribution < -0.4 is 5.32 Å². The molecule has 9 heteroatoms. The number of hydrogen-bond acceptors (Lipinski definition) is 5. The molecule has 0 atom stereocenters. The van der Waals surface area contributed by atoms with Crippen molar-refractivity contribution in [3.8, 4) is 0 Å². The molecule has 2 aromatic carbocycles. The number of hydrogen-bond donors (Lipinski definition) is 1. The van der Waals surface area contributed by atoms with Gasteiger partial charge in [0.1, 0.15) is 11.6 Å². The minimum absolute atomic E-state index is 0.0361. The number of imide groups is 1. The quantitative estimate of drug-likeness (QED) is 0.568. The minimum Gasteiger partial charge on any atom is -0.456 e. The van der Waals surface area contributed by atoms with Crippen LogP contribution in [0.4, 0.5) is 14.5 Å². The standard InChI is InChI=1S/C20H16F2N2O5/c21-12-7-8-16(15(22)10-12)23-17(25)11-29-18(26)6-3-9-24-19(27)13-4-1-2-5-14(13)20(24)28/h1-2,4-5,7-8,10H,3,6,9,11H2,(H,23,25). The Morgan fingerprint density at radius 1 is 1.00 bits per heavy atom. The summed E-state index contributed by atoms with van der Waals surface area (Å²) in [6, 6.07) is 9.08. The highest BCUT2D eigenvalue weighted by Crippen LogP contribution is 2.22. The molecule has 0 unspecified atom stereocenters. The van der Waals surface area contributed by atoms with Crippen molar-refractivity contribution in [2.24, 2.45) is 0 Å². The second-order valence-electron chi connectivity index (χ2n) is 6.24. The van der Waals surface area contributed by atoms with Gasteiger partial charge in [0.25, 0.3) is 17.7 Å².